The Labute approximate surface area is 349 Å². The van der Waals surface area contributed by atoms with Gasteiger partial charge in [0.25, 0.3) is 17.7 Å². The lowest BCUT2D eigenvalue weighted by atomic mass is 9.67. The number of amides is 3. The number of fused-ring (bicyclic) bond motifs is 8. The van der Waals surface area contributed by atoms with E-state index in [9.17, 15) is 34.5 Å². The van der Waals surface area contributed by atoms with E-state index in [1.165, 1.54) is 18.1 Å². The zero-order valence-electron chi connectivity index (χ0n) is 35.1. The van der Waals surface area contributed by atoms with Gasteiger partial charge < -0.3 is 34.3 Å². The Bertz CT molecular complexity index is 2370. The molecule has 2 aliphatic heterocycles. The maximum Gasteiger partial charge on any atom is 0.324 e. The number of benzene rings is 2. The number of rotatable bonds is 7. The highest BCUT2D eigenvalue weighted by molar-refractivity contribution is 6.40. The van der Waals surface area contributed by atoms with E-state index in [1.54, 1.807) is 33.2 Å². The van der Waals surface area contributed by atoms with Crippen LogP contribution in [-0.2, 0) is 41.6 Å². The SMILES string of the molecule is CCn1c2c3c4cc(ccc41)-c1cc(O)cc(c1)CC(=NC(=O)[C@H](C(C)C)N(C)C(=O)C(O)CO)C(=O)N1CCC[C@H](N1)C(=O)OCC(C)(C)C3[C@H](OC)c1ncccc1-2. The fraction of sp³-hybridized carbons (Fsp3) is 0.467. The van der Waals surface area contributed by atoms with Crippen molar-refractivity contribution in [2.24, 2.45) is 16.3 Å². The minimum absolute atomic E-state index is 0.0213. The summed E-state index contributed by atoms with van der Waals surface area (Å²) in [6.45, 7) is 9.65. The van der Waals surface area contributed by atoms with Gasteiger partial charge in [-0.25, -0.2) is 10.4 Å². The Hall–Kier alpha value is -5.48. The fourth-order valence-electron chi connectivity index (χ4n) is 9.25. The van der Waals surface area contributed by atoms with E-state index in [1.807, 2.05) is 18.2 Å². The van der Waals surface area contributed by atoms with E-state index in [2.05, 4.69) is 54.0 Å². The van der Waals surface area contributed by atoms with Crippen LogP contribution < -0.4 is 5.43 Å². The van der Waals surface area contributed by atoms with E-state index < -0.39 is 65.9 Å². The number of aliphatic hydroxyl groups is 2. The molecule has 318 valence electrons. The fourth-order valence-corrected chi connectivity index (χ4v) is 9.25. The van der Waals surface area contributed by atoms with Crippen LogP contribution in [0.3, 0.4) is 0 Å². The van der Waals surface area contributed by atoms with Crippen LogP contribution in [0.25, 0.3) is 33.3 Å². The molecule has 0 radical (unpaired) electrons. The number of hydrogen-bond acceptors (Lipinski definition) is 11. The molecule has 3 aliphatic rings. The van der Waals surface area contributed by atoms with Gasteiger partial charge >= 0.3 is 5.97 Å². The number of aromatic hydroxyl groups is 1. The molecule has 1 saturated heterocycles. The van der Waals surface area contributed by atoms with Gasteiger partial charge in [-0.2, -0.15) is 0 Å². The molecule has 15 heteroatoms. The van der Waals surface area contributed by atoms with Crippen molar-refractivity contribution in [3.63, 3.8) is 0 Å². The van der Waals surface area contributed by atoms with Gasteiger partial charge in [-0.15, -0.1) is 0 Å². The van der Waals surface area contributed by atoms with E-state index >= 15 is 0 Å². The molecule has 7 rings (SSSR count). The summed E-state index contributed by atoms with van der Waals surface area (Å²) in [6, 6.07) is 13.0. The van der Waals surface area contributed by atoms with Gasteiger partial charge in [0.05, 0.1) is 24.6 Å². The predicted octanol–water partition coefficient (Wildman–Crippen LogP) is 4.31. The number of nitrogens with zero attached hydrogens (tertiary/aromatic N) is 5. The third-order valence-electron chi connectivity index (χ3n) is 12.1. The third-order valence-corrected chi connectivity index (χ3v) is 12.1. The molecule has 60 heavy (non-hydrogen) atoms. The monoisotopic (exact) mass is 822 g/mol. The van der Waals surface area contributed by atoms with Crippen molar-refractivity contribution in [3.05, 3.63) is 71.5 Å². The van der Waals surface area contributed by atoms with Crippen LogP contribution in [0.2, 0.25) is 0 Å². The standard InChI is InChI=1S/C45H54N6O9/c1-8-50-33-14-13-26-21-30(33)35-36(40(59-7)37-29(39(35)50)11-9-15-46-37)45(4,5)23-60-44(58)31-12-10-16-51(48-31)42(56)32(19-25-17-27(26)20-28(53)18-25)47-41(55)38(24(2)3)49(6)43(57)34(54)22-52/h9,11,13-15,17-18,20-21,24,31,34,36,38,40,48,52-54H,8,10,12,16,19,22-23H2,1-7H3/t31-,34?,36?,38-,40-/m0/s1. The number of methoxy groups -OCH3 is 1. The summed E-state index contributed by atoms with van der Waals surface area (Å²) < 4.78 is 14.7. The number of carbonyl (C=O) groups is 4. The Morgan fingerprint density at radius 3 is 2.60 bits per heavy atom. The molecule has 4 aromatic rings. The van der Waals surface area contributed by atoms with E-state index in [4.69, 9.17) is 14.5 Å². The van der Waals surface area contributed by atoms with Crippen molar-refractivity contribution in [1.82, 2.24) is 24.9 Å². The van der Waals surface area contributed by atoms with Crippen LogP contribution in [0.15, 0.2) is 59.7 Å². The molecular formula is C45H54N6O9. The first-order chi connectivity index (χ1) is 28.6. The number of likely N-dealkylation sites (N-methyl/N-ethyl adjacent to an activating group) is 1. The average molecular weight is 823 g/mol. The first kappa shape index (κ1) is 42.6. The Morgan fingerprint density at radius 1 is 1.13 bits per heavy atom. The number of phenols is 1. The number of phenolic OH excluding ortho intramolecular Hbond substituents is 1. The predicted molar refractivity (Wildman–Crippen MR) is 224 cm³/mol. The van der Waals surface area contributed by atoms with Crippen LogP contribution in [0, 0.1) is 11.3 Å². The molecule has 2 aromatic carbocycles. The molecule has 3 amide bonds. The lowest BCUT2D eigenvalue weighted by Crippen LogP contribution is -2.57. The molecule has 4 heterocycles. The minimum atomic E-state index is -1.75. The number of carbonyl (C=O) groups excluding carboxylic acids is 4. The van der Waals surface area contributed by atoms with Gasteiger partial charge in [0.15, 0.2) is 6.10 Å². The van der Waals surface area contributed by atoms with E-state index in [0.29, 0.717) is 30.5 Å². The zero-order valence-corrected chi connectivity index (χ0v) is 35.1. The van der Waals surface area contributed by atoms with Gasteiger partial charge in [0.1, 0.15) is 29.6 Å². The summed E-state index contributed by atoms with van der Waals surface area (Å²) in [6.07, 6.45) is 0.181. The lowest BCUT2D eigenvalue weighted by Gasteiger charge is -2.42. The number of aliphatic imine (C=N–C) groups is 1. The number of aliphatic hydroxyl groups excluding tert-OH is 2. The number of aryl methyl sites for hydroxylation is 1. The van der Waals surface area contributed by atoms with E-state index in [-0.39, 0.29) is 37.0 Å². The summed E-state index contributed by atoms with van der Waals surface area (Å²) in [4.78, 5) is 65.6. The van der Waals surface area contributed by atoms with Crippen molar-refractivity contribution in [2.75, 3.05) is 33.9 Å². The smallest absolute Gasteiger partial charge is 0.324 e. The second kappa shape index (κ2) is 16.9. The van der Waals surface area contributed by atoms with Gasteiger partial charge in [-0.3, -0.25) is 29.2 Å². The summed E-state index contributed by atoms with van der Waals surface area (Å²) in [5.74, 6) is -3.79. The van der Waals surface area contributed by atoms with Gasteiger partial charge in [-0.05, 0) is 84.3 Å². The quantitative estimate of drug-likeness (QED) is 0.194. The van der Waals surface area contributed by atoms with Gasteiger partial charge in [0.2, 0.25) is 0 Å². The summed E-state index contributed by atoms with van der Waals surface area (Å²) in [5.41, 5.74) is 8.87. The molecule has 0 saturated carbocycles. The van der Waals surface area contributed by atoms with Gasteiger partial charge in [-0.1, -0.05) is 39.8 Å². The van der Waals surface area contributed by atoms with Crippen LogP contribution in [0.1, 0.15) is 76.3 Å². The Balaban J connectivity index is 1.42. The summed E-state index contributed by atoms with van der Waals surface area (Å²) in [5, 5.41) is 33.0. The number of pyridine rings is 1. The van der Waals surface area contributed by atoms with Crippen molar-refractivity contribution < 1.29 is 44.0 Å². The minimum Gasteiger partial charge on any atom is -0.508 e. The summed E-state index contributed by atoms with van der Waals surface area (Å²) >= 11 is 0. The van der Waals surface area contributed by atoms with Crippen LogP contribution in [-0.4, -0.2) is 116 Å². The lowest BCUT2D eigenvalue weighted by molar-refractivity contribution is -0.155. The first-order valence-corrected chi connectivity index (χ1v) is 20.5. The van der Waals surface area contributed by atoms with Crippen molar-refractivity contribution >= 4 is 40.3 Å². The van der Waals surface area contributed by atoms with E-state index in [0.717, 1.165) is 43.9 Å². The molecule has 6 bridgehead atoms. The molecule has 2 aromatic heterocycles. The second-order valence-corrected chi connectivity index (χ2v) is 17.0. The number of nitrogens with one attached hydrogen (secondary N) is 1. The third kappa shape index (κ3) is 7.70. The number of esters is 1. The molecule has 4 N–H and O–H groups in total. The molecule has 5 atom stereocenters. The number of hydrogen-bond donors (Lipinski definition) is 4. The number of ether oxygens (including phenoxy) is 2. The molecule has 1 fully saturated rings. The Morgan fingerprint density at radius 2 is 1.90 bits per heavy atom. The number of aromatic nitrogens is 2. The highest BCUT2D eigenvalue weighted by Crippen LogP contribution is 2.57. The number of cyclic esters (lactones) is 1. The maximum absolute atomic E-state index is 14.5. The van der Waals surface area contributed by atoms with Crippen LogP contribution >= 0.6 is 0 Å². The average Bonchev–Trinajstić information content (AvgIpc) is 3.56. The molecular weight excluding hydrogens is 769 g/mol. The van der Waals surface area contributed by atoms with Crippen molar-refractivity contribution in [2.45, 2.75) is 90.6 Å². The Kier molecular flexibility index (Phi) is 12.0. The van der Waals surface area contributed by atoms with Crippen molar-refractivity contribution in [3.8, 4) is 28.1 Å². The maximum atomic E-state index is 14.5. The van der Waals surface area contributed by atoms with Gasteiger partial charge in [0, 0.05) is 67.7 Å². The topological polar surface area (TPSA) is 196 Å². The van der Waals surface area contributed by atoms with Crippen LogP contribution in [0.5, 0.6) is 5.75 Å². The second-order valence-electron chi connectivity index (χ2n) is 17.0. The molecule has 1 aliphatic carbocycles. The molecule has 0 spiro atoms. The molecule has 15 nitrogen and oxygen atoms in total. The largest absolute Gasteiger partial charge is 0.508 e. The van der Waals surface area contributed by atoms with Crippen LogP contribution in [0.4, 0.5) is 0 Å². The first-order valence-electron chi connectivity index (χ1n) is 20.5. The summed E-state index contributed by atoms with van der Waals surface area (Å²) in [7, 11) is 3.00. The molecule has 2 unspecified atom stereocenters. The highest BCUT2D eigenvalue weighted by atomic mass is 16.5. The zero-order chi connectivity index (χ0) is 43.2. The highest BCUT2D eigenvalue weighted by Gasteiger charge is 2.47. The van der Waals surface area contributed by atoms with Crippen molar-refractivity contribution in [1.29, 1.82) is 0 Å². The number of hydrazine groups is 1. The normalized spacial score (nSPS) is 21.9.